The van der Waals surface area contributed by atoms with Crippen molar-refractivity contribution in [3.63, 3.8) is 0 Å². The zero-order valence-electron chi connectivity index (χ0n) is 17.8. The smallest absolute Gasteiger partial charge is 0.254 e. The van der Waals surface area contributed by atoms with Crippen molar-refractivity contribution in [3.8, 4) is 0 Å². The average Bonchev–Trinajstić information content (AvgIpc) is 2.73. The van der Waals surface area contributed by atoms with E-state index in [1.54, 1.807) is 0 Å². The highest BCUT2D eigenvalue weighted by Crippen LogP contribution is 2.20. The van der Waals surface area contributed by atoms with Crippen LogP contribution in [0.2, 0.25) is 0 Å². The summed E-state index contributed by atoms with van der Waals surface area (Å²) in [5.41, 5.74) is 4.49. The van der Waals surface area contributed by atoms with Gasteiger partial charge in [0.1, 0.15) is 0 Å². The summed E-state index contributed by atoms with van der Waals surface area (Å²) in [6.45, 7) is 10.2. The summed E-state index contributed by atoms with van der Waals surface area (Å²) in [4.78, 5) is 14.9. The molecule has 0 aromatic heterocycles. The lowest BCUT2D eigenvalue weighted by atomic mass is 9.91. The maximum atomic E-state index is 13.0. The molecule has 0 radical (unpaired) electrons. The van der Waals surface area contributed by atoms with Gasteiger partial charge >= 0.3 is 0 Å². The summed E-state index contributed by atoms with van der Waals surface area (Å²) in [7, 11) is 0. The van der Waals surface area contributed by atoms with Crippen LogP contribution in [0.25, 0.3) is 11.3 Å². The number of rotatable bonds is 4. The molecule has 4 nitrogen and oxygen atoms in total. The van der Waals surface area contributed by atoms with Gasteiger partial charge in [-0.1, -0.05) is 36.4 Å². The molecule has 1 amide bonds. The number of fused-ring (bicyclic) bond motifs is 2. The highest BCUT2D eigenvalue weighted by molar-refractivity contribution is 5.95. The van der Waals surface area contributed by atoms with E-state index in [0.29, 0.717) is 6.04 Å². The predicted molar refractivity (Wildman–Crippen MR) is 119 cm³/mol. The van der Waals surface area contributed by atoms with E-state index < -0.39 is 0 Å². The van der Waals surface area contributed by atoms with Gasteiger partial charge in [0, 0.05) is 35.1 Å². The summed E-state index contributed by atoms with van der Waals surface area (Å²) < 4.78 is 0. The van der Waals surface area contributed by atoms with Crippen LogP contribution >= 0.6 is 0 Å². The number of hydrogen-bond donors (Lipinski definition) is 2. The van der Waals surface area contributed by atoms with E-state index in [2.05, 4.69) is 74.7 Å². The van der Waals surface area contributed by atoms with E-state index in [4.69, 9.17) is 0 Å². The Morgan fingerprint density at radius 1 is 0.966 bits per heavy atom. The largest absolute Gasteiger partial charge is 0.377 e. The van der Waals surface area contributed by atoms with Crippen molar-refractivity contribution >= 4 is 17.2 Å². The van der Waals surface area contributed by atoms with E-state index in [1.165, 1.54) is 21.7 Å². The zero-order chi connectivity index (χ0) is 20.5. The maximum Gasteiger partial charge on any atom is 0.254 e. The van der Waals surface area contributed by atoms with Gasteiger partial charge in [0.05, 0.1) is 6.04 Å². The summed E-state index contributed by atoms with van der Waals surface area (Å²) in [6.07, 6.45) is 1.08. The van der Waals surface area contributed by atoms with E-state index in [1.807, 2.05) is 17.0 Å². The lowest BCUT2D eigenvalue weighted by Crippen LogP contribution is -2.51. The van der Waals surface area contributed by atoms with Crippen molar-refractivity contribution in [1.82, 2.24) is 15.5 Å². The van der Waals surface area contributed by atoms with Crippen LogP contribution in [0, 0.1) is 0 Å². The van der Waals surface area contributed by atoms with E-state index >= 15 is 0 Å². The summed E-state index contributed by atoms with van der Waals surface area (Å²) in [6, 6.07) is 17.5. The molecule has 4 rings (SSSR count). The molecule has 1 fully saturated rings. The maximum absolute atomic E-state index is 13.0. The minimum Gasteiger partial charge on any atom is -0.377 e. The topological polar surface area (TPSA) is 44.4 Å². The number of piperidine rings is 1. The van der Waals surface area contributed by atoms with Crippen LogP contribution in [0.3, 0.4) is 0 Å². The number of amides is 1. The number of nitrogens with zero attached hydrogens (tertiary/aromatic N) is 1. The van der Waals surface area contributed by atoms with Gasteiger partial charge in [-0.15, -0.1) is 0 Å². The quantitative estimate of drug-likeness (QED) is 0.843. The molecule has 0 aliphatic carbocycles. The van der Waals surface area contributed by atoms with E-state index in [-0.39, 0.29) is 18.0 Å². The summed E-state index contributed by atoms with van der Waals surface area (Å²) in [5, 5.41) is 9.86. The first-order valence-electron chi connectivity index (χ1n) is 10.7. The molecule has 1 atom stereocenters. The fourth-order valence-electron chi connectivity index (χ4n) is 4.67. The monoisotopic (exact) mass is 389 g/mol. The lowest BCUT2D eigenvalue weighted by Gasteiger charge is -2.33. The summed E-state index contributed by atoms with van der Waals surface area (Å²) >= 11 is 0. The molecule has 2 N–H and O–H groups in total. The highest BCUT2D eigenvalue weighted by atomic mass is 16.2. The van der Waals surface area contributed by atoms with Crippen molar-refractivity contribution in [3.05, 3.63) is 70.1 Å². The molecular weight excluding hydrogens is 358 g/mol. The van der Waals surface area contributed by atoms with Crippen molar-refractivity contribution in [2.24, 2.45) is 0 Å². The van der Waals surface area contributed by atoms with Gasteiger partial charge in [0.15, 0.2) is 0 Å². The Morgan fingerprint density at radius 2 is 1.62 bits per heavy atom. The summed E-state index contributed by atoms with van der Waals surface area (Å²) in [5.74, 6) is 0.0949. The number of carbonyl (C=O) groups is 1. The SMILES string of the molecule is CC(C)N(C(=O)c1ccc(C2=c3ccccc3=C3CNCCC3N2)cc1)C(C)C. The molecule has 0 saturated carbocycles. The molecule has 0 spiro atoms. The fourth-order valence-corrected chi connectivity index (χ4v) is 4.67. The zero-order valence-corrected chi connectivity index (χ0v) is 17.8. The van der Waals surface area contributed by atoms with Gasteiger partial charge in [0.25, 0.3) is 5.91 Å². The molecule has 2 heterocycles. The van der Waals surface area contributed by atoms with Gasteiger partial charge in [-0.25, -0.2) is 0 Å². The fraction of sp³-hybridized carbons (Fsp3) is 0.400. The normalized spacial score (nSPS) is 18.3. The number of nitrogens with one attached hydrogen (secondary N) is 2. The van der Waals surface area contributed by atoms with Crippen LogP contribution in [0.4, 0.5) is 0 Å². The highest BCUT2D eigenvalue weighted by Gasteiger charge is 2.25. The Hall–Kier alpha value is -2.59. The van der Waals surface area contributed by atoms with Crippen LogP contribution in [0.5, 0.6) is 0 Å². The number of benzene rings is 2. The van der Waals surface area contributed by atoms with Crippen LogP contribution in [0.1, 0.15) is 50.0 Å². The Labute approximate surface area is 173 Å². The first-order valence-corrected chi connectivity index (χ1v) is 10.7. The van der Waals surface area contributed by atoms with Crippen LogP contribution in [0.15, 0.2) is 48.5 Å². The molecule has 29 heavy (non-hydrogen) atoms. The third kappa shape index (κ3) is 3.69. The molecule has 2 aliphatic rings. The number of carbonyl (C=O) groups excluding carboxylic acids is 1. The van der Waals surface area contributed by atoms with Crippen LogP contribution < -0.4 is 21.1 Å². The van der Waals surface area contributed by atoms with Crippen molar-refractivity contribution in [2.75, 3.05) is 13.1 Å². The molecule has 2 aliphatic heterocycles. The standard InChI is InChI=1S/C25H31N3O/c1-16(2)28(17(3)4)25(29)19-11-9-18(10-12-19)24-21-8-6-5-7-20(21)22-15-26-14-13-23(22)27-24/h5-12,16-17,23,26-27H,13-15H2,1-4H3. The average molecular weight is 390 g/mol. The third-order valence-corrected chi connectivity index (χ3v) is 5.97. The number of hydrogen-bond acceptors (Lipinski definition) is 3. The first kappa shape index (κ1) is 19.7. The van der Waals surface area contributed by atoms with E-state index in [0.717, 1.165) is 30.6 Å². The van der Waals surface area contributed by atoms with Crippen molar-refractivity contribution in [2.45, 2.75) is 52.2 Å². The predicted octanol–water partition coefficient (Wildman–Crippen LogP) is 2.22. The van der Waals surface area contributed by atoms with Gasteiger partial charge in [-0.2, -0.15) is 0 Å². The van der Waals surface area contributed by atoms with Crippen molar-refractivity contribution < 1.29 is 4.79 Å². The molecule has 1 saturated heterocycles. The Bertz CT molecular complexity index is 1010. The van der Waals surface area contributed by atoms with Crippen molar-refractivity contribution in [1.29, 1.82) is 0 Å². The Kier molecular flexibility index (Phi) is 5.46. The van der Waals surface area contributed by atoms with Gasteiger partial charge in [-0.05, 0) is 69.1 Å². The third-order valence-electron chi connectivity index (χ3n) is 5.97. The Morgan fingerprint density at radius 3 is 2.28 bits per heavy atom. The van der Waals surface area contributed by atoms with Crippen LogP contribution in [-0.2, 0) is 0 Å². The van der Waals surface area contributed by atoms with Gasteiger partial charge < -0.3 is 15.5 Å². The second kappa shape index (κ2) is 8.03. The second-order valence-corrected chi connectivity index (χ2v) is 8.59. The van der Waals surface area contributed by atoms with Gasteiger partial charge in [0.2, 0.25) is 0 Å². The second-order valence-electron chi connectivity index (χ2n) is 8.59. The van der Waals surface area contributed by atoms with Crippen LogP contribution in [-0.4, -0.2) is 42.0 Å². The molecule has 0 bridgehead atoms. The lowest BCUT2D eigenvalue weighted by molar-refractivity contribution is 0.0643. The minimum atomic E-state index is 0.0949. The molecule has 1 unspecified atom stereocenters. The molecule has 2 aromatic carbocycles. The minimum absolute atomic E-state index is 0.0949. The molecule has 2 aromatic rings. The van der Waals surface area contributed by atoms with E-state index in [9.17, 15) is 4.79 Å². The Balaban J connectivity index is 1.74. The first-order chi connectivity index (χ1) is 14.0. The molecule has 152 valence electrons. The van der Waals surface area contributed by atoms with Gasteiger partial charge in [-0.3, -0.25) is 4.79 Å². The molecular formula is C25H31N3O. The molecule has 4 heteroatoms.